The zero-order valence-electron chi connectivity index (χ0n) is 7.28. The number of carbonyl (C=O) groups is 2. The monoisotopic (exact) mass is 171 g/mol. The van der Waals surface area contributed by atoms with Crippen molar-refractivity contribution in [2.75, 3.05) is 6.54 Å². The molecule has 12 heavy (non-hydrogen) atoms. The van der Waals surface area contributed by atoms with Gasteiger partial charge in [0.15, 0.2) is 0 Å². The molecule has 68 valence electrons. The molecule has 0 aromatic carbocycles. The summed E-state index contributed by atoms with van der Waals surface area (Å²) in [7, 11) is 0. The quantitative estimate of drug-likeness (QED) is 0.583. The minimum absolute atomic E-state index is 0.127. The fourth-order valence-corrected chi connectivity index (χ4v) is 1.30. The van der Waals surface area contributed by atoms with Crippen LogP contribution in [0.15, 0.2) is 0 Å². The van der Waals surface area contributed by atoms with Gasteiger partial charge in [0.2, 0.25) is 11.8 Å². The fraction of sp³-hybridized carbons (Fsp3) is 0.750. The van der Waals surface area contributed by atoms with Gasteiger partial charge in [-0.05, 0) is 6.92 Å². The molecule has 1 saturated heterocycles. The molecule has 2 atom stereocenters. The Labute approximate surface area is 71.2 Å². The number of hydrogen-bond acceptors (Lipinski definition) is 3. The zero-order valence-corrected chi connectivity index (χ0v) is 7.28. The molecule has 4 heteroatoms. The molecule has 0 spiro atoms. The summed E-state index contributed by atoms with van der Waals surface area (Å²) in [6.07, 6.45) is -0.353. The Morgan fingerprint density at radius 3 is 2.58 bits per heavy atom. The number of amides is 2. The van der Waals surface area contributed by atoms with Crippen LogP contribution in [0.1, 0.15) is 20.3 Å². The lowest BCUT2D eigenvalue weighted by Crippen LogP contribution is -2.36. The summed E-state index contributed by atoms with van der Waals surface area (Å²) >= 11 is 0. The molecular formula is C8H13NO3. The van der Waals surface area contributed by atoms with Crippen molar-refractivity contribution in [3.8, 4) is 0 Å². The number of hydrogen-bond donors (Lipinski definition) is 1. The van der Waals surface area contributed by atoms with Crippen LogP contribution >= 0.6 is 0 Å². The molecular weight excluding hydrogens is 158 g/mol. The van der Waals surface area contributed by atoms with Crippen molar-refractivity contribution in [1.82, 2.24) is 4.90 Å². The van der Waals surface area contributed by atoms with Crippen LogP contribution in [0.5, 0.6) is 0 Å². The van der Waals surface area contributed by atoms with E-state index >= 15 is 0 Å². The molecule has 0 aromatic rings. The van der Waals surface area contributed by atoms with E-state index in [1.54, 1.807) is 13.8 Å². The highest BCUT2D eigenvalue weighted by atomic mass is 16.3. The zero-order chi connectivity index (χ0) is 9.30. The largest absolute Gasteiger partial charge is 0.392 e. The van der Waals surface area contributed by atoms with Crippen molar-refractivity contribution >= 4 is 11.8 Å². The minimum Gasteiger partial charge on any atom is -0.392 e. The van der Waals surface area contributed by atoms with Crippen LogP contribution < -0.4 is 0 Å². The van der Waals surface area contributed by atoms with Crippen LogP contribution in [0.25, 0.3) is 0 Å². The summed E-state index contributed by atoms with van der Waals surface area (Å²) in [6.45, 7) is 3.41. The third kappa shape index (κ3) is 1.64. The Morgan fingerprint density at radius 2 is 2.25 bits per heavy atom. The Bertz CT molecular complexity index is 212. The molecule has 1 heterocycles. The number of likely N-dealkylation sites (tertiary alicyclic amines) is 1. The van der Waals surface area contributed by atoms with E-state index in [-0.39, 0.29) is 30.7 Å². The number of carbonyl (C=O) groups excluding carboxylic acids is 2. The standard InChI is InChI=1S/C8H13NO3/c1-5-3-7(11)9(8(5)12)4-6(2)10/h5-6,10H,3-4H2,1-2H3/t5?,6-/m1/s1. The maximum atomic E-state index is 11.2. The summed E-state index contributed by atoms with van der Waals surface area (Å²) in [5, 5.41) is 8.99. The van der Waals surface area contributed by atoms with E-state index < -0.39 is 6.10 Å². The molecule has 1 aliphatic rings. The van der Waals surface area contributed by atoms with Crippen molar-refractivity contribution in [2.45, 2.75) is 26.4 Å². The van der Waals surface area contributed by atoms with E-state index in [1.165, 1.54) is 0 Å². The lowest BCUT2D eigenvalue weighted by atomic mass is 10.1. The Morgan fingerprint density at radius 1 is 1.67 bits per heavy atom. The second kappa shape index (κ2) is 3.23. The van der Waals surface area contributed by atoms with Gasteiger partial charge in [0, 0.05) is 12.3 Å². The highest BCUT2D eigenvalue weighted by molar-refractivity contribution is 6.03. The predicted molar refractivity (Wildman–Crippen MR) is 42.2 cm³/mol. The van der Waals surface area contributed by atoms with Gasteiger partial charge < -0.3 is 5.11 Å². The maximum absolute atomic E-state index is 11.2. The van der Waals surface area contributed by atoms with Crippen LogP contribution in [-0.2, 0) is 9.59 Å². The number of β-amino-alcohol motifs (C(OH)–C–C–N with tert-alkyl or cyclic N) is 1. The first-order chi connectivity index (χ1) is 5.52. The topological polar surface area (TPSA) is 57.6 Å². The summed E-state index contributed by atoms with van der Waals surface area (Å²) in [5.74, 6) is -0.550. The Hall–Kier alpha value is -0.900. The first-order valence-corrected chi connectivity index (χ1v) is 4.04. The van der Waals surface area contributed by atoms with E-state index in [2.05, 4.69) is 0 Å². The molecule has 1 rings (SSSR count). The first-order valence-electron chi connectivity index (χ1n) is 4.04. The summed E-state index contributed by atoms with van der Waals surface area (Å²) in [4.78, 5) is 23.5. The second-order valence-corrected chi connectivity index (χ2v) is 3.30. The number of aliphatic hydroxyl groups excluding tert-OH is 1. The van der Waals surface area contributed by atoms with Crippen molar-refractivity contribution in [2.24, 2.45) is 5.92 Å². The Kier molecular flexibility index (Phi) is 2.47. The first kappa shape index (κ1) is 9.19. The van der Waals surface area contributed by atoms with E-state index in [1.807, 2.05) is 0 Å². The van der Waals surface area contributed by atoms with Gasteiger partial charge in [0.1, 0.15) is 0 Å². The molecule has 0 radical (unpaired) electrons. The highest BCUT2D eigenvalue weighted by Gasteiger charge is 2.35. The molecule has 4 nitrogen and oxygen atoms in total. The van der Waals surface area contributed by atoms with Crippen LogP contribution in [0.4, 0.5) is 0 Å². The SMILES string of the molecule is CC1CC(=O)N(C[C@@H](C)O)C1=O. The van der Waals surface area contributed by atoms with E-state index in [0.717, 1.165) is 4.90 Å². The van der Waals surface area contributed by atoms with E-state index in [4.69, 9.17) is 5.11 Å². The lowest BCUT2D eigenvalue weighted by Gasteiger charge is -2.15. The van der Waals surface area contributed by atoms with Crippen LogP contribution in [-0.4, -0.2) is 34.5 Å². The predicted octanol–water partition coefficient (Wildman–Crippen LogP) is -0.238. The van der Waals surface area contributed by atoms with Crippen LogP contribution in [0.2, 0.25) is 0 Å². The molecule has 0 aliphatic carbocycles. The number of rotatable bonds is 2. The molecule has 2 amide bonds. The van der Waals surface area contributed by atoms with Gasteiger partial charge in [-0.1, -0.05) is 6.92 Å². The average Bonchev–Trinajstić information content (AvgIpc) is 2.16. The Balaban J connectivity index is 2.64. The maximum Gasteiger partial charge on any atom is 0.232 e. The molecule has 0 aromatic heterocycles. The lowest BCUT2D eigenvalue weighted by molar-refractivity contribution is -0.140. The van der Waals surface area contributed by atoms with Crippen molar-refractivity contribution in [1.29, 1.82) is 0 Å². The van der Waals surface area contributed by atoms with Gasteiger partial charge in [-0.25, -0.2) is 0 Å². The van der Waals surface area contributed by atoms with Gasteiger partial charge in [-0.3, -0.25) is 14.5 Å². The van der Waals surface area contributed by atoms with Gasteiger partial charge in [0.25, 0.3) is 0 Å². The number of imide groups is 1. The van der Waals surface area contributed by atoms with Gasteiger partial charge in [-0.2, -0.15) is 0 Å². The van der Waals surface area contributed by atoms with Crippen molar-refractivity contribution in [3.63, 3.8) is 0 Å². The molecule has 1 aliphatic heterocycles. The average molecular weight is 171 g/mol. The van der Waals surface area contributed by atoms with Gasteiger partial charge in [-0.15, -0.1) is 0 Å². The highest BCUT2D eigenvalue weighted by Crippen LogP contribution is 2.18. The van der Waals surface area contributed by atoms with Crippen LogP contribution in [0.3, 0.4) is 0 Å². The molecule has 1 N–H and O–H groups in total. The molecule has 1 unspecified atom stereocenters. The van der Waals surface area contributed by atoms with E-state index in [0.29, 0.717) is 0 Å². The van der Waals surface area contributed by atoms with Gasteiger partial charge >= 0.3 is 0 Å². The summed E-state index contributed by atoms with van der Waals surface area (Å²) in [6, 6.07) is 0. The molecule has 0 saturated carbocycles. The third-order valence-corrected chi connectivity index (χ3v) is 1.92. The third-order valence-electron chi connectivity index (χ3n) is 1.92. The second-order valence-electron chi connectivity index (χ2n) is 3.30. The summed E-state index contributed by atoms with van der Waals surface area (Å²) in [5.41, 5.74) is 0. The normalized spacial score (nSPS) is 26.6. The molecule has 1 fully saturated rings. The van der Waals surface area contributed by atoms with Gasteiger partial charge in [0.05, 0.1) is 12.6 Å². The van der Waals surface area contributed by atoms with E-state index in [9.17, 15) is 9.59 Å². The summed E-state index contributed by atoms with van der Waals surface area (Å²) < 4.78 is 0. The number of nitrogens with zero attached hydrogens (tertiary/aromatic N) is 1. The smallest absolute Gasteiger partial charge is 0.232 e. The van der Waals surface area contributed by atoms with Crippen molar-refractivity contribution < 1.29 is 14.7 Å². The fourth-order valence-electron chi connectivity index (χ4n) is 1.30. The number of aliphatic hydroxyl groups is 1. The molecule has 0 bridgehead atoms. The van der Waals surface area contributed by atoms with Crippen LogP contribution in [0, 0.1) is 5.92 Å². The van der Waals surface area contributed by atoms with Crippen molar-refractivity contribution in [3.05, 3.63) is 0 Å². The minimum atomic E-state index is -0.636.